The van der Waals surface area contributed by atoms with E-state index in [1.807, 2.05) is 0 Å². The van der Waals surface area contributed by atoms with E-state index in [1.165, 1.54) is 12.1 Å². The van der Waals surface area contributed by atoms with E-state index < -0.39 is 5.97 Å². The summed E-state index contributed by atoms with van der Waals surface area (Å²) < 4.78 is 0. The van der Waals surface area contributed by atoms with Gasteiger partial charge in [-0.05, 0) is 6.08 Å². The fourth-order valence-corrected chi connectivity index (χ4v) is 0.981. The van der Waals surface area contributed by atoms with Gasteiger partial charge in [0.1, 0.15) is 11.5 Å². The highest BCUT2D eigenvalue weighted by Crippen LogP contribution is 2.09. The topological polar surface area (TPSA) is 83.4 Å². The molecule has 0 atom stereocenters. The zero-order valence-corrected chi connectivity index (χ0v) is 8.91. The highest BCUT2D eigenvalue weighted by Gasteiger charge is 2.03. The van der Waals surface area contributed by atoms with E-state index >= 15 is 0 Å². The summed E-state index contributed by atoms with van der Waals surface area (Å²) in [4.78, 5) is 30.6. The first-order valence-corrected chi connectivity index (χ1v) is 4.45. The van der Waals surface area contributed by atoms with Crippen LogP contribution in [0.15, 0.2) is 12.1 Å². The Morgan fingerprint density at radius 3 is 2.62 bits per heavy atom. The predicted molar refractivity (Wildman–Crippen MR) is 58.4 cm³/mol. The standard InChI is InChI=1S/C10H11N3O3/c1-13(2)9-5-7(6-14)11-8(12-9)3-4-10(15)16/h3-6H,1-2H3,(H,15,16)/b4-3+. The molecule has 0 unspecified atom stereocenters. The van der Waals surface area contributed by atoms with Crippen LogP contribution in [0.5, 0.6) is 0 Å². The average molecular weight is 221 g/mol. The summed E-state index contributed by atoms with van der Waals surface area (Å²) in [5.74, 6) is -0.357. The van der Waals surface area contributed by atoms with Gasteiger partial charge in [-0.25, -0.2) is 14.8 Å². The molecule has 0 aliphatic rings. The van der Waals surface area contributed by atoms with Crippen LogP contribution < -0.4 is 4.90 Å². The maximum atomic E-state index is 10.6. The van der Waals surface area contributed by atoms with Crippen molar-refractivity contribution in [2.45, 2.75) is 0 Å². The molecule has 0 saturated heterocycles. The van der Waals surface area contributed by atoms with Crippen LogP contribution in [0.4, 0.5) is 5.82 Å². The van der Waals surface area contributed by atoms with E-state index in [9.17, 15) is 9.59 Å². The fraction of sp³-hybridized carbons (Fsp3) is 0.200. The van der Waals surface area contributed by atoms with E-state index in [4.69, 9.17) is 5.11 Å². The lowest BCUT2D eigenvalue weighted by Gasteiger charge is -2.11. The van der Waals surface area contributed by atoms with Gasteiger partial charge in [-0.15, -0.1) is 0 Å². The second kappa shape index (κ2) is 5.01. The van der Waals surface area contributed by atoms with Crippen molar-refractivity contribution in [1.29, 1.82) is 0 Å². The molecule has 0 radical (unpaired) electrons. The molecule has 0 fully saturated rings. The van der Waals surface area contributed by atoms with E-state index in [2.05, 4.69) is 9.97 Å². The van der Waals surface area contributed by atoms with Crippen LogP contribution in [0.1, 0.15) is 16.3 Å². The van der Waals surface area contributed by atoms with Gasteiger partial charge in [0.05, 0.1) is 0 Å². The Hall–Kier alpha value is -2.24. The van der Waals surface area contributed by atoms with Crippen LogP contribution in [0.25, 0.3) is 6.08 Å². The molecule has 16 heavy (non-hydrogen) atoms. The summed E-state index contributed by atoms with van der Waals surface area (Å²) in [6.45, 7) is 0. The lowest BCUT2D eigenvalue weighted by Crippen LogP contribution is -2.12. The van der Waals surface area contributed by atoms with Crippen molar-refractivity contribution in [1.82, 2.24) is 9.97 Å². The monoisotopic (exact) mass is 221 g/mol. The number of rotatable bonds is 4. The van der Waals surface area contributed by atoms with Crippen molar-refractivity contribution in [3.8, 4) is 0 Å². The highest BCUT2D eigenvalue weighted by molar-refractivity contribution is 5.85. The van der Waals surface area contributed by atoms with Gasteiger partial charge >= 0.3 is 5.97 Å². The van der Waals surface area contributed by atoms with Crippen LogP contribution in [0.2, 0.25) is 0 Å². The SMILES string of the molecule is CN(C)c1cc(C=O)nc(/C=C/C(=O)O)n1. The Morgan fingerprint density at radius 1 is 1.44 bits per heavy atom. The summed E-state index contributed by atoms with van der Waals surface area (Å²) in [5.41, 5.74) is 0.212. The zero-order valence-electron chi connectivity index (χ0n) is 8.91. The maximum Gasteiger partial charge on any atom is 0.328 e. The Labute approximate surface area is 92.2 Å². The van der Waals surface area contributed by atoms with Crippen molar-refractivity contribution >= 4 is 24.1 Å². The smallest absolute Gasteiger partial charge is 0.328 e. The van der Waals surface area contributed by atoms with Crippen LogP contribution >= 0.6 is 0 Å². The van der Waals surface area contributed by atoms with Crippen molar-refractivity contribution < 1.29 is 14.7 Å². The first-order chi connectivity index (χ1) is 7.52. The lowest BCUT2D eigenvalue weighted by atomic mass is 10.3. The van der Waals surface area contributed by atoms with Crippen molar-refractivity contribution in [3.05, 3.63) is 23.7 Å². The number of hydrogen-bond acceptors (Lipinski definition) is 5. The van der Waals surface area contributed by atoms with Gasteiger partial charge in [-0.2, -0.15) is 0 Å². The Morgan fingerprint density at radius 2 is 2.12 bits per heavy atom. The molecule has 0 aliphatic carbocycles. The Bertz CT molecular complexity index is 441. The molecule has 1 aromatic rings. The first-order valence-electron chi connectivity index (χ1n) is 4.45. The van der Waals surface area contributed by atoms with E-state index in [1.54, 1.807) is 19.0 Å². The van der Waals surface area contributed by atoms with E-state index in [0.29, 0.717) is 12.1 Å². The van der Waals surface area contributed by atoms with Crippen LogP contribution in [0.3, 0.4) is 0 Å². The van der Waals surface area contributed by atoms with Crippen molar-refractivity contribution in [3.63, 3.8) is 0 Å². The number of carboxylic acid groups (broad SMARTS) is 1. The second-order valence-electron chi connectivity index (χ2n) is 3.19. The number of nitrogens with zero attached hydrogens (tertiary/aromatic N) is 3. The zero-order chi connectivity index (χ0) is 12.1. The lowest BCUT2D eigenvalue weighted by molar-refractivity contribution is -0.131. The maximum absolute atomic E-state index is 10.6. The van der Waals surface area contributed by atoms with Gasteiger partial charge in [-0.3, -0.25) is 4.79 Å². The molecule has 1 heterocycles. The second-order valence-corrected chi connectivity index (χ2v) is 3.19. The van der Waals surface area contributed by atoms with E-state index in [-0.39, 0.29) is 11.5 Å². The Balaban J connectivity index is 3.13. The minimum atomic E-state index is -1.09. The molecular formula is C10H11N3O3. The van der Waals surface area contributed by atoms with Crippen LogP contribution in [-0.4, -0.2) is 41.4 Å². The van der Waals surface area contributed by atoms with Gasteiger partial charge < -0.3 is 10.0 Å². The molecular weight excluding hydrogens is 210 g/mol. The van der Waals surface area contributed by atoms with Crippen LogP contribution in [-0.2, 0) is 4.79 Å². The molecule has 6 heteroatoms. The molecule has 0 spiro atoms. The number of hydrogen-bond donors (Lipinski definition) is 1. The van der Waals surface area contributed by atoms with Gasteiger partial charge in [0.2, 0.25) is 0 Å². The summed E-state index contributed by atoms with van der Waals surface area (Å²) >= 11 is 0. The molecule has 0 aromatic carbocycles. The quantitative estimate of drug-likeness (QED) is 0.587. The largest absolute Gasteiger partial charge is 0.478 e. The third-order valence-electron chi connectivity index (χ3n) is 1.70. The number of aromatic nitrogens is 2. The van der Waals surface area contributed by atoms with Gasteiger partial charge in [0.25, 0.3) is 0 Å². The molecule has 84 valence electrons. The first kappa shape index (κ1) is 11.8. The average Bonchev–Trinajstić information content (AvgIpc) is 2.25. The van der Waals surface area contributed by atoms with Crippen molar-refractivity contribution in [2.24, 2.45) is 0 Å². The number of anilines is 1. The number of aliphatic carboxylic acids is 1. The molecule has 6 nitrogen and oxygen atoms in total. The fourth-order valence-electron chi connectivity index (χ4n) is 0.981. The minimum Gasteiger partial charge on any atom is -0.478 e. The summed E-state index contributed by atoms with van der Waals surface area (Å²) in [6.07, 6.45) is 2.75. The third-order valence-corrected chi connectivity index (χ3v) is 1.70. The normalized spacial score (nSPS) is 10.4. The van der Waals surface area contributed by atoms with Gasteiger partial charge in [0, 0.05) is 26.2 Å². The van der Waals surface area contributed by atoms with Gasteiger partial charge in [0.15, 0.2) is 12.1 Å². The molecule has 0 aliphatic heterocycles. The number of carboxylic acids is 1. The number of aldehydes is 1. The number of carbonyl (C=O) groups is 2. The van der Waals surface area contributed by atoms with E-state index in [0.717, 1.165) is 6.08 Å². The molecule has 0 amide bonds. The summed E-state index contributed by atoms with van der Waals surface area (Å²) in [5, 5.41) is 8.46. The highest BCUT2D eigenvalue weighted by atomic mass is 16.4. The van der Waals surface area contributed by atoms with Crippen LogP contribution in [0, 0.1) is 0 Å². The minimum absolute atomic E-state index is 0.190. The summed E-state index contributed by atoms with van der Waals surface area (Å²) in [6, 6.07) is 1.52. The predicted octanol–water partition coefficient (Wildman–Crippen LogP) is 0.453. The number of carbonyl (C=O) groups excluding carboxylic acids is 1. The molecule has 1 aromatic heterocycles. The third kappa shape index (κ3) is 3.16. The van der Waals surface area contributed by atoms with Crippen molar-refractivity contribution in [2.75, 3.05) is 19.0 Å². The molecule has 0 saturated carbocycles. The summed E-state index contributed by atoms with van der Waals surface area (Å²) in [7, 11) is 3.53. The van der Waals surface area contributed by atoms with Gasteiger partial charge in [-0.1, -0.05) is 0 Å². The molecule has 1 rings (SSSR count). The molecule has 1 N–H and O–H groups in total. The Kier molecular flexibility index (Phi) is 3.71. The molecule has 0 bridgehead atoms.